The Bertz CT molecular complexity index is 205. The van der Waals surface area contributed by atoms with Gasteiger partial charge in [-0.3, -0.25) is 0 Å². The van der Waals surface area contributed by atoms with Crippen molar-refractivity contribution in [1.29, 1.82) is 0 Å². The minimum Gasteiger partial charge on any atom is -0.326 e. The van der Waals surface area contributed by atoms with E-state index >= 15 is 0 Å². The van der Waals surface area contributed by atoms with Crippen molar-refractivity contribution < 1.29 is 0 Å². The first-order valence-corrected chi connectivity index (χ1v) is 4.44. The molecule has 0 saturated heterocycles. The minimum absolute atomic E-state index is 0.697. The summed E-state index contributed by atoms with van der Waals surface area (Å²) in [6.45, 7) is 5.48. The van der Waals surface area contributed by atoms with E-state index in [1.165, 1.54) is 0 Å². The molecule has 0 aromatic carbocycles. The average Bonchev–Trinajstić information content (AvgIpc) is 2.15. The molecule has 0 saturated carbocycles. The molecule has 1 aromatic rings. The second-order valence-electron chi connectivity index (χ2n) is 2.74. The molecular formula is C7H11IN2. The van der Waals surface area contributed by atoms with Crippen LogP contribution in [0.4, 0.5) is 0 Å². The van der Waals surface area contributed by atoms with Crippen LogP contribution in [0.3, 0.4) is 0 Å². The Kier molecular flexibility index (Phi) is 2.71. The molecule has 56 valence electrons. The Morgan fingerprint density at radius 3 is 2.80 bits per heavy atom. The van der Waals surface area contributed by atoms with E-state index in [9.17, 15) is 0 Å². The molecule has 0 unspecified atom stereocenters. The van der Waals surface area contributed by atoms with Gasteiger partial charge in [-0.25, -0.2) is 4.98 Å². The van der Waals surface area contributed by atoms with Crippen LogP contribution < -0.4 is 0 Å². The van der Waals surface area contributed by atoms with Crippen LogP contribution in [0.2, 0.25) is 0 Å². The Hall–Kier alpha value is -0.0600. The van der Waals surface area contributed by atoms with Crippen molar-refractivity contribution in [3.8, 4) is 0 Å². The zero-order valence-electron chi connectivity index (χ0n) is 6.21. The van der Waals surface area contributed by atoms with Crippen LogP contribution in [-0.2, 0) is 6.54 Å². The summed E-state index contributed by atoms with van der Waals surface area (Å²) in [4.78, 5) is 4.12. The fraction of sp³-hybridized carbons (Fsp3) is 0.571. The molecule has 0 spiro atoms. The summed E-state index contributed by atoms with van der Waals surface area (Å²) in [5, 5.41) is 0. The van der Waals surface area contributed by atoms with E-state index in [-0.39, 0.29) is 0 Å². The molecule has 0 fully saturated rings. The van der Waals surface area contributed by atoms with E-state index in [1.807, 2.05) is 12.4 Å². The summed E-state index contributed by atoms with van der Waals surface area (Å²) >= 11 is 2.24. The summed E-state index contributed by atoms with van der Waals surface area (Å²) in [6, 6.07) is 0. The first-order valence-electron chi connectivity index (χ1n) is 3.37. The first kappa shape index (κ1) is 8.04. The van der Waals surface area contributed by atoms with Crippen molar-refractivity contribution in [2.24, 2.45) is 5.92 Å². The number of rotatable bonds is 2. The number of aromatic nitrogens is 2. The van der Waals surface area contributed by atoms with Gasteiger partial charge in [0.05, 0.1) is 0 Å². The number of imidazole rings is 1. The topological polar surface area (TPSA) is 17.8 Å². The normalized spacial score (nSPS) is 10.8. The Morgan fingerprint density at radius 1 is 1.70 bits per heavy atom. The fourth-order valence-electron chi connectivity index (χ4n) is 0.841. The van der Waals surface area contributed by atoms with Crippen molar-refractivity contribution in [2.75, 3.05) is 0 Å². The van der Waals surface area contributed by atoms with Crippen molar-refractivity contribution >= 4 is 22.6 Å². The van der Waals surface area contributed by atoms with Gasteiger partial charge < -0.3 is 4.57 Å². The number of halogens is 1. The average molecular weight is 250 g/mol. The van der Waals surface area contributed by atoms with Gasteiger partial charge in [-0.05, 0) is 28.5 Å². The van der Waals surface area contributed by atoms with Crippen LogP contribution in [0.15, 0.2) is 12.4 Å². The van der Waals surface area contributed by atoms with Crippen LogP contribution in [0.5, 0.6) is 0 Å². The van der Waals surface area contributed by atoms with Crippen molar-refractivity contribution in [2.45, 2.75) is 20.4 Å². The highest BCUT2D eigenvalue weighted by atomic mass is 127. The lowest BCUT2D eigenvalue weighted by atomic mass is 10.2. The molecule has 0 aliphatic rings. The molecule has 1 aromatic heterocycles. The third kappa shape index (κ3) is 1.97. The van der Waals surface area contributed by atoms with Crippen molar-refractivity contribution in [3.05, 3.63) is 16.2 Å². The van der Waals surface area contributed by atoms with Gasteiger partial charge >= 0.3 is 0 Å². The third-order valence-electron chi connectivity index (χ3n) is 1.23. The van der Waals surface area contributed by atoms with Gasteiger partial charge in [0.1, 0.15) is 0 Å². The number of nitrogens with zero attached hydrogens (tertiary/aromatic N) is 2. The van der Waals surface area contributed by atoms with Gasteiger partial charge in [0.15, 0.2) is 3.83 Å². The Balaban J connectivity index is 2.65. The van der Waals surface area contributed by atoms with Gasteiger partial charge in [-0.2, -0.15) is 0 Å². The van der Waals surface area contributed by atoms with E-state index in [0.717, 1.165) is 10.4 Å². The van der Waals surface area contributed by atoms with Crippen molar-refractivity contribution in [3.63, 3.8) is 0 Å². The van der Waals surface area contributed by atoms with Gasteiger partial charge in [-0.1, -0.05) is 13.8 Å². The molecule has 3 heteroatoms. The lowest BCUT2D eigenvalue weighted by molar-refractivity contribution is 0.515. The molecule has 2 nitrogen and oxygen atoms in total. The Morgan fingerprint density at radius 2 is 2.40 bits per heavy atom. The SMILES string of the molecule is CC(C)Cn1ccnc1I. The Labute approximate surface area is 74.8 Å². The lowest BCUT2D eigenvalue weighted by Crippen LogP contribution is -2.04. The quantitative estimate of drug-likeness (QED) is 0.735. The second-order valence-corrected chi connectivity index (χ2v) is 3.71. The predicted octanol–water partition coefficient (Wildman–Crippen LogP) is 2.14. The fourth-order valence-corrected chi connectivity index (χ4v) is 1.36. The monoisotopic (exact) mass is 250 g/mol. The van der Waals surface area contributed by atoms with E-state index in [2.05, 4.69) is 46.0 Å². The maximum absolute atomic E-state index is 4.12. The second kappa shape index (κ2) is 3.37. The van der Waals surface area contributed by atoms with E-state index in [4.69, 9.17) is 0 Å². The van der Waals surface area contributed by atoms with Crippen LogP contribution in [0, 0.1) is 9.75 Å². The number of hydrogen-bond acceptors (Lipinski definition) is 1. The third-order valence-corrected chi connectivity index (χ3v) is 2.12. The van der Waals surface area contributed by atoms with Crippen LogP contribution in [0.1, 0.15) is 13.8 Å². The zero-order valence-corrected chi connectivity index (χ0v) is 8.37. The maximum Gasteiger partial charge on any atom is 0.171 e. The molecule has 0 bridgehead atoms. The molecule has 10 heavy (non-hydrogen) atoms. The van der Waals surface area contributed by atoms with Gasteiger partial charge in [0.2, 0.25) is 0 Å². The van der Waals surface area contributed by atoms with Gasteiger partial charge in [0.25, 0.3) is 0 Å². The largest absolute Gasteiger partial charge is 0.326 e. The molecule has 0 atom stereocenters. The summed E-state index contributed by atoms with van der Waals surface area (Å²) in [5.41, 5.74) is 0. The molecule has 1 heterocycles. The van der Waals surface area contributed by atoms with E-state index in [1.54, 1.807) is 0 Å². The zero-order chi connectivity index (χ0) is 7.56. The lowest BCUT2D eigenvalue weighted by Gasteiger charge is -2.05. The number of hydrogen-bond donors (Lipinski definition) is 0. The highest BCUT2D eigenvalue weighted by Crippen LogP contribution is 2.04. The van der Waals surface area contributed by atoms with E-state index in [0.29, 0.717) is 5.92 Å². The molecule has 0 N–H and O–H groups in total. The molecule has 0 aliphatic heterocycles. The first-order chi connectivity index (χ1) is 4.70. The van der Waals surface area contributed by atoms with Crippen LogP contribution >= 0.6 is 22.6 Å². The molecule has 0 amide bonds. The smallest absolute Gasteiger partial charge is 0.171 e. The highest BCUT2D eigenvalue weighted by Gasteiger charge is 1.99. The summed E-state index contributed by atoms with van der Waals surface area (Å²) < 4.78 is 3.23. The van der Waals surface area contributed by atoms with Gasteiger partial charge in [0, 0.05) is 18.9 Å². The van der Waals surface area contributed by atoms with Crippen LogP contribution in [0.25, 0.3) is 0 Å². The van der Waals surface area contributed by atoms with Gasteiger partial charge in [-0.15, -0.1) is 0 Å². The summed E-state index contributed by atoms with van der Waals surface area (Å²) in [7, 11) is 0. The predicted molar refractivity (Wildman–Crippen MR) is 49.8 cm³/mol. The molecule has 0 radical (unpaired) electrons. The molecule has 1 rings (SSSR count). The summed E-state index contributed by atoms with van der Waals surface area (Å²) in [6.07, 6.45) is 3.85. The van der Waals surface area contributed by atoms with Crippen molar-refractivity contribution in [1.82, 2.24) is 9.55 Å². The highest BCUT2D eigenvalue weighted by molar-refractivity contribution is 14.1. The maximum atomic E-state index is 4.12. The minimum atomic E-state index is 0.697. The van der Waals surface area contributed by atoms with Crippen LogP contribution in [-0.4, -0.2) is 9.55 Å². The molecular weight excluding hydrogens is 239 g/mol. The molecule has 0 aliphatic carbocycles. The van der Waals surface area contributed by atoms with E-state index < -0.39 is 0 Å². The standard InChI is InChI=1S/C7H11IN2/c1-6(2)5-10-4-3-9-7(10)8/h3-4,6H,5H2,1-2H3. The summed E-state index contributed by atoms with van der Waals surface area (Å²) in [5.74, 6) is 0.697.